The quantitative estimate of drug-likeness (QED) is 0.199. The van der Waals surface area contributed by atoms with E-state index in [0.29, 0.717) is 0 Å². The molecular weight excluding hydrogens is 558 g/mol. The molecule has 0 amide bonds. The molecule has 0 saturated carbocycles. The average Bonchev–Trinajstić information content (AvgIpc) is 3.52. The van der Waals surface area contributed by atoms with Gasteiger partial charge in [-0.2, -0.15) is 0 Å². The van der Waals surface area contributed by atoms with Gasteiger partial charge >= 0.3 is 0 Å². The van der Waals surface area contributed by atoms with Gasteiger partial charge in [-0.05, 0) is 87.4 Å². The Kier molecular flexibility index (Phi) is 6.17. The lowest BCUT2D eigenvalue weighted by molar-refractivity contribution is 0.672. The first-order valence-electron chi connectivity index (χ1n) is 15.7. The van der Waals surface area contributed by atoms with Crippen LogP contribution in [0.4, 0.5) is 17.1 Å². The van der Waals surface area contributed by atoms with Crippen LogP contribution in [-0.2, 0) is 0 Å². The first-order chi connectivity index (χ1) is 22.8. The standard InChI is InChI=1S/C44H29NO/c1-2-11-32(12-3-1)38-14-6-8-16-42(38)45(36-23-20-31(21-24-36)34-19-18-30-10-4-5-13-33(30)28-34)37-25-27-39-35(29-37)22-26-41-40-15-7-9-17-43(40)46-44(39)41/h1-29H. The van der Waals surface area contributed by atoms with E-state index in [1.54, 1.807) is 0 Å². The SMILES string of the molecule is c1ccc(-c2ccccc2N(c2ccc(-c3ccc4ccccc4c3)cc2)c2ccc3c(ccc4c5ccccc5oc34)c2)cc1. The van der Waals surface area contributed by atoms with Crippen molar-refractivity contribution in [2.24, 2.45) is 0 Å². The number of rotatable bonds is 5. The number of hydrogen-bond donors (Lipinski definition) is 0. The normalized spacial score (nSPS) is 11.5. The number of para-hydroxylation sites is 2. The molecule has 9 rings (SSSR count). The zero-order chi connectivity index (χ0) is 30.5. The van der Waals surface area contributed by atoms with Gasteiger partial charge in [0.1, 0.15) is 11.2 Å². The van der Waals surface area contributed by atoms with E-state index in [1.807, 2.05) is 12.1 Å². The van der Waals surface area contributed by atoms with Crippen molar-refractivity contribution in [1.29, 1.82) is 0 Å². The highest BCUT2D eigenvalue weighted by atomic mass is 16.3. The minimum absolute atomic E-state index is 0.916. The van der Waals surface area contributed by atoms with Gasteiger partial charge in [-0.1, -0.05) is 121 Å². The van der Waals surface area contributed by atoms with Crippen LogP contribution in [0, 0.1) is 0 Å². The molecular formula is C44H29NO. The highest BCUT2D eigenvalue weighted by Crippen LogP contribution is 2.43. The molecule has 0 radical (unpaired) electrons. The summed E-state index contributed by atoms with van der Waals surface area (Å²) in [7, 11) is 0. The van der Waals surface area contributed by atoms with Crippen molar-refractivity contribution < 1.29 is 4.42 Å². The van der Waals surface area contributed by atoms with Gasteiger partial charge in [-0.3, -0.25) is 0 Å². The molecule has 0 fully saturated rings. The molecule has 0 atom stereocenters. The van der Waals surface area contributed by atoms with Gasteiger partial charge in [-0.25, -0.2) is 0 Å². The van der Waals surface area contributed by atoms with E-state index >= 15 is 0 Å². The van der Waals surface area contributed by atoms with Crippen LogP contribution in [-0.4, -0.2) is 0 Å². The second kappa shape index (κ2) is 10.8. The molecule has 0 aliphatic carbocycles. The van der Waals surface area contributed by atoms with E-state index in [-0.39, 0.29) is 0 Å². The molecule has 1 aromatic heterocycles. The average molecular weight is 588 g/mol. The second-order valence-electron chi connectivity index (χ2n) is 11.8. The van der Waals surface area contributed by atoms with Crippen molar-refractivity contribution in [3.8, 4) is 22.3 Å². The Morgan fingerprint density at radius 3 is 1.93 bits per heavy atom. The maximum absolute atomic E-state index is 6.38. The Hall–Kier alpha value is -6.12. The summed E-state index contributed by atoms with van der Waals surface area (Å²) >= 11 is 0. The summed E-state index contributed by atoms with van der Waals surface area (Å²) in [6.45, 7) is 0. The molecule has 0 aliphatic heterocycles. The molecule has 46 heavy (non-hydrogen) atoms. The predicted octanol–water partition coefficient (Wildman–Crippen LogP) is 12.7. The number of nitrogens with zero attached hydrogens (tertiary/aromatic N) is 1. The molecule has 0 unspecified atom stereocenters. The number of fused-ring (bicyclic) bond motifs is 6. The minimum atomic E-state index is 0.916. The van der Waals surface area contributed by atoms with Crippen molar-refractivity contribution >= 4 is 60.5 Å². The molecule has 0 aliphatic rings. The van der Waals surface area contributed by atoms with E-state index in [9.17, 15) is 0 Å². The molecule has 0 spiro atoms. The second-order valence-corrected chi connectivity index (χ2v) is 11.8. The van der Waals surface area contributed by atoms with Crippen LogP contribution in [0.15, 0.2) is 180 Å². The Bertz CT molecular complexity index is 2530. The van der Waals surface area contributed by atoms with Gasteiger partial charge in [0.15, 0.2) is 0 Å². The number of anilines is 3. The Labute approximate surface area is 267 Å². The van der Waals surface area contributed by atoms with E-state index in [2.05, 4.69) is 169 Å². The largest absolute Gasteiger partial charge is 0.455 e. The highest BCUT2D eigenvalue weighted by Gasteiger charge is 2.19. The fourth-order valence-electron chi connectivity index (χ4n) is 6.77. The first kappa shape index (κ1) is 26.3. The Balaban J connectivity index is 1.21. The fourth-order valence-corrected chi connectivity index (χ4v) is 6.77. The number of benzene rings is 8. The zero-order valence-corrected chi connectivity index (χ0v) is 25.1. The van der Waals surface area contributed by atoms with E-state index < -0.39 is 0 Å². The topological polar surface area (TPSA) is 16.4 Å². The summed E-state index contributed by atoms with van der Waals surface area (Å²) < 4.78 is 6.38. The van der Waals surface area contributed by atoms with Crippen LogP contribution in [0.2, 0.25) is 0 Å². The smallest absolute Gasteiger partial charge is 0.143 e. The minimum Gasteiger partial charge on any atom is -0.455 e. The molecule has 0 saturated heterocycles. The monoisotopic (exact) mass is 587 g/mol. The Morgan fingerprint density at radius 1 is 0.370 bits per heavy atom. The van der Waals surface area contributed by atoms with Gasteiger partial charge in [0.05, 0.1) is 5.69 Å². The molecule has 2 heteroatoms. The lowest BCUT2D eigenvalue weighted by Crippen LogP contribution is -2.11. The lowest BCUT2D eigenvalue weighted by atomic mass is 9.99. The van der Waals surface area contributed by atoms with Gasteiger partial charge in [0, 0.05) is 33.1 Å². The summed E-state index contributed by atoms with van der Waals surface area (Å²) in [5, 5.41) is 7.04. The van der Waals surface area contributed by atoms with Gasteiger partial charge < -0.3 is 9.32 Å². The molecule has 0 bridgehead atoms. The van der Waals surface area contributed by atoms with E-state index in [4.69, 9.17) is 4.42 Å². The summed E-state index contributed by atoms with van der Waals surface area (Å²) in [4.78, 5) is 2.37. The Morgan fingerprint density at radius 2 is 1.04 bits per heavy atom. The molecule has 1 heterocycles. The number of hydrogen-bond acceptors (Lipinski definition) is 2. The molecule has 216 valence electrons. The predicted molar refractivity (Wildman–Crippen MR) is 194 cm³/mol. The summed E-state index contributed by atoms with van der Waals surface area (Å²) in [5.41, 5.74) is 9.91. The van der Waals surface area contributed by atoms with Crippen LogP contribution in [0.3, 0.4) is 0 Å². The third kappa shape index (κ3) is 4.43. The lowest BCUT2D eigenvalue weighted by Gasteiger charge is -2.28. The van der Waals surface area contributed by atoms with Crippen LogP contribution in [0.1, 0.15) is 0 Å². The van der Waals surface area contributed by atoms with Crippen molar-refractivity contribution in [1.82, 2.24) is 0 Å². The van der Waals surface area contributed by atoms with Gasteiger partial charge in [0.25, 0.3) is 0 Å². The van der Waals surface area contributed by atoms with Crippen LogP contribution < -0.4 is 4.90 Å². The van der Waals surface area contributed by atoms with Crippen LogP contribution >= 0.6 is 0 Å². The van der Waals surface area contributed by atoms with E-state index in [0.717, 1.165) is 49.8 Å². The van der Waals surface area contributed by atoms with E-state index in [1.165, 1.54) is 33.0 Å². The fraction of sp³-hybridized carbons (Fsp3) is 0. The molecule has 8 aromatic carbocycles. The van der Waals surface area contributed by atoms with Crippen molar-refractivity contribution in [2.45, 2.75) is 0 Å². The maximum Gasteiger partial charge on any atom is 0.143 e. The third-order valence-electron chi connectivity index (χ3n) is 9.04. The van der Waals surface area contributed by atoms with Crippen molar-refractivity contribution in [3.63, 3.8) is 0 Å². The highest BCUT2D eigenvalue weighted by molar-refractivity contribution is 6.15. The molecule has 2 nitrogen and oxygen atoms in total. The third-order valence-corrected chi connectivity index (χ3v) is 9.04. The van der Waals surface area contributed by atoms with Crippen molar-refractivity contribution in [3.05, 3.63) is 176 Å². The first-order valence-corrected chi connectivity index (χ1v) is 15.7. The van der Waals surface area contributed by atoms with Gasteiger partial charge in [-0.15, -0.1) is 0 Å². The van der Waals surface area contributed by atoms with Crippen LogP contribution in [0.5, 0.6) is 0 Å². The zero-order valence-electron chi connectivity index (χ0n) is 25.1. The summed E-state index contributed by atoms with van der Waals surface area (Å²) in [6, 6.07) is 62.8. The summed E-state index contributed by atoms with van der Waals surface area (Å²) in [6.07, 6.45) is 0. The van der Waals surface area contributed by atoms with Gasteiger partial charge in [0.2, 0.25) is 0 Å². The maximum atomic E-state index is 6.38. The molecule has 9 aromatic rings. The van der Waals surface area contributed by atoms with Crippen LogP contribution in [0.25, 0.3) is 65.7 Å². The summed E-state index contributed by atoms with van der Waals surface area (Å²) in [5.74, 6) is 0. The molecule has 0 N–H and O–H groups in total. The van der Waals surface area contributed by atoms with Crippen molar-refractivity contribution in [2.75, 3.05) is 4.90 Å². The number of furan rings is 1.